The lowest BCUT2D eigenvalue weighted by molar-refractivity contribution is -0.148. The quantitative estimate of drug-likeness (QED) is 0.526. The first-order valence-corrected chi connectivity index (χ1v) is 10.5. The van der Waals surface area contributed by atoms with Gasteiger partial charge in [0.2, 0.25) is 5.89 Å². The molecule has 2 atom stereocenters. The normalized spacial score (nSPS) is 17.9. The Morgan fingerprint density at radius 2 is 2.09 bits per heavy atom. The molecular weight excluding hydrogens is 416 g/mol. The van der Waals surface area contributed by atoms with E-state index in [1.54, 1.807) is 17.8 Å². The second-order valence-electron chi connectivity index (χ2n) is 8.24. The zero-order valence-electron chi connectivity index (χ0n) is 18.5. The van der Waals surface area contributed by atoms with Crippen molar-refractivity contribution in [1.29, 1.82) is 0 Å². The Kier molecular flexibility index (Phi) is 6.06. The number of pyridine rings is 1. The molecule has 11 heteroatoms. The van der Waals surface area contributed by atoms with Gasteiger partial charge in [-0.2, -0.15) is 4.98 Å². The van der Waals surface area contributed by atoms with E-state index in [1.807, 2.05) is 26.8 Å². The Morgan fingerprint density at radius 1 is 1.28 bits per heavy atom. The zero-order chi connectivity index (χ0) is 22.8. The third-order valence-electron chi connectivity index (χ3n) is 5.67. The first-order chi connectivity index (χ1) is 15.3. The fraction of sp³-hybridized carbons (Fsp3) is 0.524. The Hall–Kier alpha value is -3.50. The van der Waals surface area contributed by atoms with E-state index in [-0.39, 0.29) is 30.4 Å². The number of carboxylic acid groups (broad SMARTS) is 1. The second kappa shape index (κ2) is 8.93. The highest BCUT2D eigenvalue weighted by Crippen LogP contribution is 2.35. The molecule has 0 aromatic carbocycles. The number of rotatable bonds is 9. The summed E-state index contributed by atoms with van der Waals surface area (Å²) in [5.74, 6) is 0.208. The highest BCUT2D eigenvalue weighted by molar-refractivity contribution is 5.71. The van der Waals surface area contributed by atoms with Gasteiger partial charge in [-0.05, 0) is 37.1 Å². The Labute approximate surface area is 184 Å². The third-order valence-corrected chi connectivity index (χ3v) is 5.67. The maximum absolute atomic E-state index is 11.2. The van der Waals surface area contributed by atoms with Gasteiger partial charge >= 0.3 is 12.0 Å². The molecular formula is C21H26N6O5. The lowest BCUT2D eigenvalue weighted by Gasteiger charge is -2.33. The molecule has 0 aliphatic heterocycles. The fourth-order valence-corrected chi connectivity index (χ4v) is 3.51. The molecule has 1 N–H and O–H groups in total. The molecule has 1 aliphatic carbocycles. The molecule has 0 radical (unpaired) electrons. The Balaban J connectivity index is 1.44. The smallest absolute Gasteiger partial charge is 0.354 e. The van der Waals surface area contributed by atoms with Crippen LogP contribution in [0.4, 0.5) is 0 Å². The van der Waals surface area contributed by atoms with E-state index in [2.05, 4.69) is 25.4 Å². The van der Waals surface area contributed by atoms with Crippen molar-refractivity contribution >= 4 is 5.97 Å². The molecule has 1 aliphatic rings. The fourth-order valence-electron chi connectivity index (χ4n) is 3.51. The first-order valence-electron chi connectivity index (χ1n) is 10.5. The summed E-state index contributed by atoms with van der Waals surface area (Å²) in [6.45, 7) is 6.27. The molecule has 3 aromatic rings. The lowest BCUT2D eigenvalue weighted by Crippen LogP contribution is -2.36. The van der Waals surface area contributed by atoms with E-state index in [0.717, 1.165) is 6.42 Å². The molecule has 1 saturated carbocycles. The van der Waals surface area contributed by atoms with E-state index < -0.39 is 5.97 Å². The van der Waals surface area contributed by atoms with Crippen LogP contribution in [0.15, 0.2) is 16.7 Å². The van der Waals surface area contributed by atoms with Crippen molar-refractivity contribution in [1.82, 2.24) is 30.1 Å². The highest BCUT2D eigenvalue weighted by atomic mass is 16.6. The minimum atomic E-state index is -0.756. The molecule has 32 heavy (non-hydrogen) atoms. The van der Waals surface area contributed by atoms with Crippen LogP contribution in [0.5, 0.6) is 11.8 Å². The summed E-state index contributed by atoms with van der Waals surface area (Å²) in [6.07, 6.45) is 1.57. The summed E-state index contributed by atoms with van der Waals surface area (Å²) in [7, 11) is 1.77. The molecule has 0 bridgehead atoms. The summed E-state index contributed by atoms with van der Waals surface area (Å²) in [5.41, 5.74) is 2.61. The van der Waals surface area contributed by atoms with Crippen LogP contribution in [0.1, 0.15) is 49.9 Å². The van der Waals surface area contributed by atoms with Crippen molar-refractivity contribution in [3.8, 4) is 23.1 Å². The van der Waals surface area contributed by atoms with Crippen molar-refractivity contribution in [3.05, 3.63) is 29.4 Å². The second-order valence-corrected chi connectivity index (χ2v) is 8.24. The van der Waals surface area contributed by atoms with Crippen LogP contribution in [0.25, 0.3) is 11.4 Å². The molecule has 4 rings (SSSR count). The van der Waals surface area contributed by atoms with Crippen LogP contribution in [0.3, 0.4) is 0 Å². The number of aliphatic carboxylic acids is 1. The zero-order valence-corrected chi connectivity index (χ0v) is 18.5. The van der Waals surface area contributed by atoms with Crippen LogP contribution in [0, 0.1) is 18.8 Å². The molecule has 3 aromatic heterocycles. The van der Waals surface area contributed by atoms with Gasteiger partial charge in [-0.1, -0.05) is 19.1 Å². The predicted octanol–water partition coefficient (Wildman–Crippen LogP) is 2.76. The Morgan fingerprint density at radius 3 is 2.72 bits per heavy atom. The van der Waals surface area contributed by atoms with E-state index >= 15 is 0 Å². The standard InChI is InChI=1S/C21H26N6O5/c1-11(2)19-23-21(25-32-19)31-10-16-18(24-26-27(16)4)15-7-8-17(12(3)22-15)30-9-13-5-6-14(13)20(28)29/h7-8,11,13-14H,5-6,9-10H2,1-4H3,(H,28,29)/t13-,14+/m0/s1. The van der Waals surface area contributed by atoms with Gasteiger partial charge in [-0.25, -0.2) is 9.67 Å². The molecule has 0 spiro atoms. The van der Waals surface area contributed by atoms with Gasteiger partial charge in [0.15, 0.2) is 0 Å². The molecule has 170 valence electrons. The van der Waals surface area contributed by atoms with Gasteiger partial charge in [-0.3, -0.25) is 4.79 Å². The predicted molar refractivity (Wildman–Crippen MR) is 111 cm³/mol. The number of nitrogens with zero attached hydrogens (tertiary/aromatic N) is 6. The van der Waals surface area contributed by atoms with Crippen LogP contribution >= 0.6 is 0 Å². The largest absolute Gasteiger partial charge is 0.491 e. The summed E-state index contributed by atoms with van der Waals surface area (Å²) in [5, 5.41) is 21.3. The van der Waals surface area contributed by atoms with Gasteiger partial charge in [0.1, 0.15) is 23.7 Å². The minimum absolute atomic E-state index is 0.0386. The minimum Gasteiger partial charge on any atom is -0.491 e. The molecule has 0 amide bonds. The van der Waals surface area contributed by atoms with Crippen LogP contribution < -0.4 is 9.47 Å². The number of hydrogen-bond acceptors (Lipinski definition) is 9. The topological polar surface area (TPSA) is 138 Å². The number of hydrogen-bond donors (Lipinski definition) is 1. The van der Waals surface area contributed by atoms with Gasteiger partial charge < -0.3 is 19.1 Å². The summed E-state index contributed by atoms with van der Waals surface area (Å²) in [4.78, 5) is 20.0. The van der Waals surface area contributed by atoms with E-state index in [9.17, 15) is 9.90 Å². The molecule has 3 heterocycles. The summed E-state index contributed by atoms with van der Waals surface area (Å²) < 4.78 is 18.3. The van der Waals surface area contributed by atoms with Crippen LogP contribution in [-0.4, -0.2) is 47.8 Å². The number of ether oxygens (including phenoxy) is 2. The lowest BCUT2D eigenvalue weighted by atomic mass is 9.74. The number of carbonyl (C=O) groups is 1. The maximum atomic E-state index is 11.2. The van der Waals surface area contributed by atoms with Gasteiger partial charge in [-0.15, -0.1) is 5.10 Å². The van der Waals surface area contributed by atoms with Crippen molar-refractivity contribution in [2.24, 2.45) is 18.9 Å². The number of carboxylic acids is 1. The number of aromatic nitrogens is 6. The summed E-state index contributed by atoms with van der Waals surface area (Å²) in [6, 6.07) is 3.78. The van der Waals surface area contributed by atoms with Crippen LogP contribution in [-0.2, 0) is 18.4 Å². The van der Waals surface area contributed by atoms with Crippen LogP contribution in [0.2, 0.25) is 0 Å². The average molecular weight is 442 g/mol. The SMILES string of the molecule is Cc1nc(-c2nnn(C)c2COc2noc(C(C)C)n2)ccc1OC[C@@H]1CC[C@H]1C(=O)O. The molecule has 11 nitrogen and oxygen atoms in total. The summed E-state index contributed by atoms with van der Waals surface area (Å²) >= 11 is 0. The maximum Gasteiger partial charge on any atom is 0.354 e. The molecule has 1 fully saturated rings. The van der Waals surface area contributed by atoms with E-state index in [0.29, 0.717) is 47.4 Å². The first kappa shape index (κ1) is 21.7. The van der Waals surface area contributed by atoms with Crippen molar-refractivity contribution < 1.29 is 23.9 Å². The highest BCUT2D eigenvalue weighted by Gasteiger charge is 2.37. The van der Waals surface area contributed by atoms with Crippen molar-refractivity contribution in [2.45, 2.75) is 46.1 Å². The van der Waals surface area contributed by atoms with Gasteiger partial charge in [0.05, 0.1) is 23.9 Å². The van der Waals surface area contributed by atoms with Crippen molar-refractivity contribution in [2.75, 3.05) is 6.61 Å². The molecule has 0 unspecified atom stereocenters. The van der Waals surface area contributed by atoms with E-state index in [4.69, 9.17) is 14.0 Å². The van der Waals surface area contributed by atoms with Crippen molar-refractivity contribution in [3.63, 3.8) is 0 Å². The van der Waals surface area contributed by atoms with E-state index in [1.165, 1.54) is 0 Å². The van der Waals surface area contributed by atoms with Gasteiger partial charge in [0, 0.05) is 18.9 Å². The number of aryl methyl sites for hydroxylation is 2. The average Bonchev–Trinajstić information content (AvgIpc) is 3.33. The van der Waals surface area contributed by atoms with Gasteiger partial charge in [0.25, 0.3) is 0 Å². The molecule has 0 saturated heterocycles. The Bertz CT molecular complexity index is 1110. The third kappa shape index (κ3) is 4.41. The monoisotopic (exact) mass is 442 g/mol.